The molecule has 2 aromatic rings. The summed E-state index contributed by atoms with van der Waals surface area (Å²) in [5.74, 6) is -2.59. The summed E-state index contributed by atoms with van der Waals surface area (Å²) in [6.45, 7) is 2.50. The monoisotopic (exact) mass is 604 g/mol. The molecule has 14 nitrogen and oxygen atoms in total. The van der Waals surface area contributed by atoms with Crippen molar-refractivity contribution in [3.8, 4) is 23.3 Å². The molecule has 1 aromatic carbocycles. The SMILES string of the molecule is CCOc1cc2c(cc1OC)C(c1ccc(OC)nc1OC)=N[C@@H]1CC[C@@H](O)C[C@H]21.O=C(O)CC(O)(CC(=O)O)C(=O)O. The number of ether oxygens (including phenoxy) is 4. The van der Waals surface area contributed by atoms with Crippen LogP contribution in [0.2, 0.25) is 0 Å². The zero-order valence-corrected chi connectivity index (χ0v) is 24.3. The lowest BCUT2D eigenvalue weighted by Crippen LogP contribution is -2.42. The summed E-state index contributed by atoms with van der Waals surface area (Å²) in [6, 6.07) is 7.84. The van der Waals surface area contributed by atoms with Crippen LogP contribution in [0.3, 0.4) is 0 Å². The number of hydrogen-bond acceptors (Lipinski definition) is 11. The van der Waals surface area contributed by atoms with E-state index < -0.39 is 36.4 Å². The number of aromatic nitrogens is 1. The lowest BCUT2D eigenvalue weighted by molar-refractivity contribution is -0.170. The molecule has 43 heavy (non-hydrogen) atoms. The Labute approximate surface area is 247 Å². The van der Waals surface area contributed by atoms with E-state index in [2.05, 4.69) is 4.98 Å². The summed E-state index contributed by atoms with van der Waals surface area (Å²) in [7, 11) is 4.80. The number of benzene rings is 1. The number of aliphatic hydroxyl groups excluding tert-OH is 1. The van der Waals surface area contributed by atoms with Crippen molar-refractivity contribution in [3.05, 3.63) is 41.0 Å². The Morgan fingerprint density at radius 2 is 1.60 bits per heavy atom. The van der Waals surface area contributed by atoms with Crippen molar-refractivity contribution >= 4 is 23.6 Å². The van der Waals surface area contributed by atoms with Gasteiger partial charge in [-0.15, -0.1) is 0 Å². The molecule has 0 amide bonds. The van der Waals surface area contributed by atoms with E-state index in [1.165, 1.54) is 0 Å². The number of pyridine rings is 1. The van der Waals surface area contributed by atoms with Crippen LogP contribution in [0.4, 0.5) is 0 Å². The van der Waals surface area contributed by atoms with E-state index in [9.17, 15) is 19.5 Å². The predicted octanol–water partition coefficient (Wildman–Crippen LogP) is 2.11. The molecule has 1 fully saturated rings. The number of nitrogens with zero attached hydrogens (tertiary/aromatic N) is 2. The molecule has 4 rings (SSSR count). The number of fused-ring (bicyclic) bond motifs is 3. The van der Waals surface area contributed by atoms with Crippen molar-refractivity contribution in [1.82, 2.24) is 4.98 Å². The summed E-state index contributed by atoms with van der Waals surface area (Å²) < 4.78 is 22.2. The number of aliphatic hydroxyl groups is 2. The van der Waals surface area contributed by atoms with Crippen LogP contribution < -0.4 is 18.9 Å². The number of carboxylic acid groups (broad SMARTS) is 3. The molecule has 0 saturated heterocycles. The third kappa shape index (κ3) is 7.70. The van der Waals surface area contributed by atoms with Gasteiger partial charge in [-0.25, -0.2) is 4.79 Å². The molecule has 0 unspecified atom stereocenters. The number of aliphatic carboxylic acids is 3. The highest BCUT2D eigenvalue weighted by Crippen LogP contribution is 2.45. The van der Waals surface area contributed by atoms with Crippen LogP contribution in [0, 0.1) is 0 Å². The maximum Gasteiger partial charge on any atom is 0.336 e. The van der Waals surface area contributed by atoms with E-state index in [4.69, 9.17) is 44.4 Å². The van der Waals surface area contributed by atoms with Crippen LogP contribution >= 0.6 is 0 Å². The second-order valence-corrected chi connectivity index (χ2v) is 10.0. The molecule has 2 aliphatic rings. The number of carboxylic acids is 3. The first-order chi connectivity index (χ1) is 20.4. The van der Waals surface area contributed by atoms with Crippen LogP contribution in [0.15, 0.2) is 29.3 Å². The molecule has 1 aliphatic heterocycles. The Hall–Kier alpha value is -4.43. The standard InChI is InChI=1S/C23H28N2O5.C6H8O7/c1-5-30-20-11-15-16-10-13(26)6-8-18(16)24-22(17(15)12-19(20)27-2)14-7-9-21(28-3)25-23(14)29-4;7-3(8)1-6(13,5(11)12)2-4(9)10/h7,9,11-13,16,18,26H,5-6,8,10H2,1-4H3;13H,1-2H2,(H,7,8)(H,9,10)(H,11,12)/t13-,16-,18-;/m1./s1. The number of methoxy groups -OCH3 is 3. The van der Waals surface area contributed by atoms with Crippen molar-refractivity contribution in [2.75, 3.05) is 27.9 Å². The fraction of sp³-hybridized carbons (Fsp3) is 0.483. The zero-order chi connectivity index (χ0) is 31.9. The minimum atomic E-state index is -2.74. The average molecular weight is 605 g/mol. The molecule has 1 aromatic heterocycles. The highest BCUT2D eigenvalue weighted by molar-refractivity contribution is 6.16. The lowest BCUT2D eigenvalue weighted by atomic mass is 9.74. The van der Waals surface area contributed by atoms with Gasteiger partial charge in [0.1, 0.15) is 0 Å². The summed E-state index contributed by atoms with van der Waals surface area (Å²) in [5, 5.41) is 44.1. The van der Waals surface area contributed by atoms with Gasteiger partial charge in [-0.2, -0.15) is 4.98 Å². The minimum absolute atomic E-state index is 0.0885. The first-order valence-electron chi connectivity index (χ1n) is 13.5. The molecule has 5 N–H and O–H groups in total. The molecule has 2 heterocycles. The fourth-order valence-corrected chi connectivity index (χ4v) is 5.17. The van der Waals surface area contributed by atoms with Crippen molar-refractivity contribution < 1.29 is 58.9 Å². The van der Waals surface area contributed by atoms with Gasteiger partial charge in [0, 0.05) is 17.5 Å². The number of carbonyl (C=O) groups is 3. The summed E-state index contributed by atoms with van der Waals surface area (Å²) in [5.41, 5.74) is 0.950. The second kappa shape index (κ2) is 14.2. The average Bonchev–Trinajstić information content (AvgIpc) is 2.95. The molecular formula is C29H36N2O12. The third-order valence-corrected chi connectivity index (χ3v) is 7.15. The fourth-order valence-electron chi connectivity index (χ4n) is 5.17. The van der Waals surface area contributed by atoms with Crippen molar-refractivity contribution in [2.24, 2.45) is 4.99 Å². The van der Waals surface area contributed by atoms with Crippen LogP contribution in [0.5, 0.6) is 23.3 Å². The molecule has 0 radical (unpaired) electrons. The van der Waals surface area contributed by atoms with Crippen LogP contribution in [-0.2, 0) is 14.4 Å². The van der Waals surface area contributed by atoms with Crippen LogP contribution in [0.1, 0.15) is 61.6 Å². The molecule has 0 spiro atoms. The van der Waals surface area contributed by atoms with Gasteiger partial charge < -0.3 is 44.5 Å². The van der Waals surface area contributed by atoms with E-state index in [-0.39, 0.29) is 18.1 Å². The quantitative estimate of drug-likeness (QED) is 0.249. The van der Waals surface area contributed by atoms with Gasteiger partial charge in [-0.3, -0.25) is 14.6 Å². The van der Waals surface area contributed by atoms with Gasteiger partial charge in [-0.05, 0) is 49.9 Å². The van der Waals surface area contributed by atoms with Gasteiger partial charge in [0.2, 0.25) is 11.8 Å². The topological polar surface area (TPSA) is 215 Å². The van der Waals surface area contributed by atoms with E-state index in [1.54, 1.807) is 21.3 Å². The smallest absolute Gasteiger partial charge is 0.336 e. The predicted molar refractivity (Wildman–Crippen MR) is 151 cm³/mol. The minimum Gasteiger partial charge on any atom is -0.493 e. The van der Waals surface area contributed by atoms with Gasteiger partial charge >= 0.3 is 17.9 Å². The Morgan fingerprint density at radius 1 is 0.930 bits per heavy atom. The van der Waals surface area contributed by atoms with Crippen molar-refractivity contribution in [2.45, 2.75) is 62.7 Å². The number of rotatable bonds is 11. The molecule has 1 saturated carbocycles. The molecule has 3 atom stereocenters. The highest BCUT2D eigenvalue weighted by Gasteiger charge is 2.41. The van der Waals surface area contributed by atoms with E-state index >= 15 is 0 Å². The van der Waals surface area contributed by atoms with E-state index in [1.807, 2.05) is 31.2 Å². The Kier molecular flexibility index (Phi) is 10.9. The lowest BCUT2D eigenvalue weighted by Gasteiger charge is -2.37. The second-order valence-electron chi connectivity index (χ2n) is 10.0. The van der Waals surface area contributed by atoms with Gasteiger partial charge in [0.25, 0.3) is 0 Å². The first-order valence-corrected chi connectivity index (χ1v) is 13.5. The first kappa shape index (κ1) is 33.1. The third-order valence-electron chi connectivity index (χ3n) is 7.15. The maximum atomic E-state index is 10.3. The van der Waals surface area contributed by atoms with E-state index in [0.29, 0.717) is 36.3 Å². The molecule has 1 aliphatic carbocycles. The van der Waals surface area contributed by atoms with Gasteiger partial charge in [0.05, 0.1) is 64.2 Å². The summed E-state index contributed by atoms with van der Waals surface area (Å²) >= 11 is 0. The Bertz CT molecular complexity index is 1360. The number of aliphatic imine (C=N–C) groups is 1. The van der Waals surface area contributed by atoms with Crippen LogP contribution in [0.25, 0.3) is 0 Å². The van der Waals surface area contributed by atoms with Crippen LogP contribution in [-0.4, -0.2) is 99.8 Å². The van der Waals surface area contributed by atoms with Crippen molar-refractivity contribution in [3.63, 3.8) is 0 Å². The van der Waals surface area contributed by atoms with Gasteiger partial charge in [0.15, 0.2) is 17.1 Å². The van der Waals surface area contributed by atoms with Crippen molar-refractivity contribution in [1.29, 1.82) is 0 Å². The molecule has 0 bridgehead atoms. The largest absolute Gasteiger partial charge is 0.493 e. The van der Waals surface area contributed by atoms with Gasteiger partial charge in [-0.1, -0.05) is 0 Å². The normalized spacial score (nSPS) is 18.9. The summed E-state index contributed by atoms with van der Waals surface area (Å²) in [6.07, 6.45) is -0.338. The molecule has 234 valence electrons. The number of hydrogen-bond donors (Lipinski definition) is 5. The van der Waals surface area contributed by atoms with E-state index in [0.717, 1.165) is 35.2 Å². The zero-order valence-electron chi connectivity index (χ0n) is 24.3. The Balaban J connectivity index is 0.000000331. The Morgan fingerprint density at radius 3 is 2.14 bits per heavy atom. The highest BCUT2D eigenvalue weighted by atomic mass is 16.5. The molecule has 14 heteroatoms. The molecular weight excluding hydrogens is 568 g/mol. The maximum absolute atomic E-state index is 10.3. The summed E-state index contributed by atoms with van der Waals surface area (Å²) in [4.78, 5) is 40.0.